The number of carboxylic acid groups (broad SMARTS) is 1. The first kappa shape index (κ1) is 11.1. The van der Waals surface area contributed by atoms with Crippen LogP contribution in [0.3, 0.4) is 0 Å². The lowest BCUT2D eigenvalue weighted by Crippen LogP contribution is -1.98. The van der Waals surface area contributed by atoms with Crippen LogP contribution in [0, 0.1) is 0 Å². The van der Waals surface area contributed by atoms with Crippen molar-refractivity contribution < 1.29 is 19.4 Å². The average Bonchev–Trinajstić information content (AvgIpc) is 2.77. The molecule has 0 radical (unpaired) electrons. The van der Waals surface area contributed by atoms with Crippen LogP contribution in [0.15, 0.2) is 40.8 Å². The molecule has 5 nitrogen and oxygen atoms in total. The molecule has 5 heteroatoms. The highest BCUT2D eigenvalue weighted by molar-refractivity contribution is 5.84. The maximum atomic E-state index is 10.6. The van der Waals surface area contributed by atoms with Gasteiger partial charge in [0.25, 0.3) is 0 Å². The highest BCUT2D eigenvalue weighted by Crippen LogP contribution is 2.15. The second-order valence-electron chi connectivity index (χ2n) is 3.47. The van der Waals surface area contributed by atoms with Gasteiger partial charge in [0.1, 0.15) is 11.5 Å². The molecule has 0 aliphatic heterocycles. The van der Waals surface area contributed by atoms with E-state index in [0.717, 1.165) is 5.69 Å². The van der Waals surface area contributed by atoms with Gasteiger partial charge < -0.3 is 19.9 Å². The molecular weight excluding hydrogens is 222 g/mol. The van der Waals surface area contributed by atoms with E-state index in [-0.39, 0.29) is 11.5 Å². The van der Waals surface area contributed by atoms with Crippen molar-refractivity contribution in [1.82, 2.24) is 0 Å². The monoisotopic (exact) mass is 233 g/mol. The predicted octanol–water partition coefficient (Wildman–Crippen LogP) is 2.30. The summed E-state index contributed by atoms with van der Waals surface area (Å²) in [6.45, 7) is 0.387. The Morgan fingerprint density at radius 1 is 1.18 bits per heavy atom. The average molecular weight is 233 g/mol. The van der Waals surface area contributed by atoms with Crippen LogP contribution in [-0.2, 0) is 6.54 Å². The molecule has 0 fully saturated rings. The van der Waals surface area contributed by atoms with Gasteiger partial charge in [-0.1, -0.05) is 0 Å². The van der Waals surface area contributed by atoms with Gasteiger partial charge in [0.15, 0.2) is 0 Å². The summed E-state index contributed by atoms with van der Waals surface area (Å²) >= 11 is 0. The number of benzene rings is 1. The van der Waals surface area contributed by atoms with Crippen molar-refractivity contribution in [3.05, 3.63) is 47.9 Å². The van der Waals surface area contributed by atoms with Gasteiger partial charge >= 0.3 is 5.97 Å². The van der Waals surface area contributed by atoms with Gasteiger partial charge in [-0.25, -0.2) is 4.79 Å². The molecule has 0 aliphatic rings. The molecule has 1 heterocycles. The number of furan rings is 1. The Bertz CT molecular complexity index is 516. The Morgan fingerprint density at radius 2 is 1.88 bits per heavy atom. The molecule has 0 saturated heterocycles. The fourth-order valence-corrected chi connectivity index (χ4v) is 1.36. The number of carboxylic acids is 1. The van der Waals surface area contributed by atoms with Crippen LogP contribution in [-0.4, -0.2) is 16.2 Å². The van der Waals surface area contributed by atoms with E-state index in [1.807, 2.05) is 0 Å². The zero-order valence-corrected chi connectivity index (χ0v) is 8.88. The zero-order chi connectivity index (χ0) is 12.3. The van der Waals surface area contributed by atoms with Crippen molar-refractivity contribution in [3.8, 4) is 5.75 Å². The fourth-order valence-electron chi connectivity index (χ4n) is 1.36. The Kier molecular flexibility index (Phi) is 3.00. The summed E-state index contributed by atoms with van der Waals surface area (Å²) in [5.74, 6) is -0.425. The van der Waals surface area contributed by atoms with Gasteiger partial charge in [-0.05, 0) is 36.4 Å². The first-order valence-corrected chi connectivity index (χ1v) is 5.00. The van der Waals surface area contributed by atoms with Crippen LogP contribution in [0.2, 0.25) is 0 Å². The summed E-state index contributed by atoms with van der Waals surface area (Å²) in [7, 11) is 0. The predicted molar refractivity (Wildman–Crippen MR) is 61.1 cm³/mol. The molecule has 1 aromatic carbocycles. The fraction of sp³-hybridized carbons (Fsp3) is 0.0833. The van der Waals surface area contributed by atoms with Crippen LogP contribution in [0.5, 0.6) is 5.75 Å². The maximum absolute atomic E-state index is 10.6. The third kappa shape index (κ3) is 2.78. The van der Waals surface area contributed by atoms with Gasteiger partial charge in [0, 0.05) is 5.69 Å². The molecule has 88 valence electrons. The summed E-state index contributed by atoms with van der Waals surface area (Å²) in [6, 6.07) is 9.58. The molecular formula is C12H11NO4. The van der Waals surface area contributed by atoms with Gasteiger partial charge in [0.05, 0.1) is 6.54 Å². The molecule has 2 aromatic rings. The zero-order valence-electron chi connectivity index (χ0n) is 8.88. The molecule has 0 unspecified atom stereocenters. The standard InChI is InChI=1S/C12H11NO4/c14-9-3-1-8(2-4-9)13-7-10-5-6-11(17-10)12(15)16/h1-6,13-14H,7H2,(H,15,16). The lowest BCUT2D eigenvalue weighted by Gasteiger charge is -2.03. The SMILES string of the molecule is O=C(O)c1ccc(CNc2ccc(O)cc2)o1. The van der Waals surface area contributed by atoms with Gasteiger partial charge in [0.2, 0.25) is 5.76 Å². The van der Waals surface area contributed by atoms with E-state index in [1.165, 1.54) is 6.07 Å². The Morgan fingerprint density at radius 3 is 2.47 bits per heavy atom. The van der Waals surface area contributed by atoms with Crippen molar-refractivity contribution in [3.63, 3.8) is 0 Å². The number of aromatic carboxylic acids is 1. The van der Waals surface area contributed by atoms with E-state index in [4.69, 9.17) is 14.6 Å². The third-order valence-corrected chi connectivity index (χ3v) is 2.21. The minimum atomic E-state index is -1.08. The topological polar surface area (TPSA) is 82.7 Å². The molecule has 0 amide bonds. The Balaban J connectivity index is 1.97. The third-order valence-electron chi connectivity index (χ3n) is 2.21. The van der Waals surface area contributed by atoms with Crippen molar-refractivity contribution in [2.75, 3.05) is 5.32 Å². The molecule has 1 aromatic heterocycles. The second-order valence-corrected chi connectivity index (χ2v) is 3.47. The number of rotatable bonds is 4. The highest BCUT2D eigenvalue weighted by Gasteiger charge is 2.08. The Labute approximate surface area is 97.3 Å². The highest BCUT2D eigenvalue weighted by atomic mass is 16.4. The van der Waals surface area contributed by atoms with Gasteiger partial charge in [-0.15, -0.1) is 0 Å². The molecule has 0 bridgehead atoms. The van der Waals surface area contributed by atoms with Crippen molar-refractivity contribution in [2.45, 2.75) is 6.54 Å². The Hall–Kier alpha value is -2.43. The van der Waals surface area contributed by atoms with Crippen LogP contribution >= 0.6 is 0 Å². The minimum Gasteiger partial charge on any atom is -0.508 e. The molecule has 0 atom stereocenters. The lowest BCUT2D eigenvalue weighted by atomic mass is 10.3. The summed E-state index contributed by atoms with van der Waals surface area (Å²) < 4.78 is 5.08. The largest absolute Gasteiger partial charge is 0.508 e. The summed E-state index contributed by atoms with van der Waals surface area (Å²) in [5.41, 5.74) is 0.816. The van der Waals surface area contributed by atoms with Crippen molar-refractivity contribution in [2.24, 2.45) is 0 Å². The molecule has 17 heavy (non-hydrogen) atoms. The number of hydrogen-bond acceptors (Lipinski definition) is 4. The van der Waals surface area contributed by atoms with Crippen molar-refractivity contribution in [1.29, 1.82) is 0 Å². The summed E-state index contributed by atoms with van der Waals surface area (Å²) in [5, 5.41) is 20.8. The summed E-state index contributed by atoms with van der Waals surface area (Å²) in [4.78, 5) is 10.6. The van der Waals surface area contributed by atoms with Crippen LogP contribution in [0.4, 0.5) is 5.69 Å². The van der Waals surface area contributed by atoms with Gasteiger partial charge in [-0.2, -0.15) is 0 Å². The molecule has 3 N–H and O–H groups in total. The number of phenolic OH excluding ortho intramolecular Hbond substituents is 1. The van der Waals surface area contributed by atoms with E-state index in [0.29, 0.717) is 12.3 Å². The molecule has 0 aliphatic carbocycles. The first-order chi connectivity index (χ1) is 8.15. The number of phenols is 1. The van der Waals surface area contributed by atoms with Crippen molar-refractivity contribution >= 4 is 11.7 Å². The first-order valence-electron chi connectivity index (χ1n) is 5.00. The van der Waals surface area contributed by atoms with Crippen LogP contribution in [0.1, 0.15) is 16.3 Å². The van der Waals surface area contributed by atoms with E-state index in [9.17, 15) is 4.79 Å². The number of hydrogen-bond donors (Lipinski definition) is 3. The normalized spacial score (nSPS) is 10.1. The van der Waals surface area contributed by atoms with Crippen LogP contribution in [0.25, 0.3) is 0 Å². The number of carbonyl (C=O) groups is 1. The summed E-state index contributed by atoms with van der Waals surface area (Å²) in [6.07, 6.45) is 0. The molecule has 0 spiro atoms. The lowest BCUT2D eigenvalue weighted by molar-refractivity contribution is 0.0660. The number of anilines is 1. The number of aromatic hydroxyl groups is 1. The van der Waals surface area contributed by atoms with Crippen LogP contribution < -0.4 is 5.32 Å². The molecule has 0 saturated carbocycles. The smallest absolute Gasteiger partial charge is 0.371 e. The van der Waals surface area contributed by atoms with E-state index in [1.54, 1.807) is 30.3 Å². The quantitative estimate of drug-likeness (QED) is 0.706. The van der Waals surface area contributed by atoms with E-state index in [2.05, 4.69) is 5.32 Å². The number of nitrogens with one attached hydrogen (secondary N) is 1. The second kappa shape index (κ2) is 4.61. The van der Waals surface area contributed by atoms with E-state index < -0.39 is 5.97 Å². The van der Waals surface area contributed by atoms with Gasteiger partial charge in [-0.3, -0.25) is 0 Å². The van der Waals surface area contributed by atoms with E-state index >= 15 is 0 Å². The minimum absolute atomic E-state index is 0.0764. The maximum Gasteiger partial charge on any atom is 0.371 e. The molecule has 2 rings (SSSR count).